The molecule has 3 aliphatic rings. The Bertz CT molecular complexity index is 735. The van der Waals surface area contributed by atoms with Crippen molar-refractivity contribution in [3.8, 4) is 0 Å². The Morgan fingerprint density at radius 2 is 1.96 bits per heavy atom. The molecule has 1 aromatic carbocycles. The van der Waals surface area contributed by atoms with Gasteiger partial charge in [-0.2, -0.15) is 0 Å². The van der Waals surface area contributed by atoms with Crippen LogP contribution in [0.2, 0.25) is 0 Å². The molecule has 3 heterocycles. The Morgan fingerprint density at radius 3 is 2.89 bits per heavy atom. The molecule has 5 nitrogen and oxygen atoms in total. The molecule has 5 heteroatoms. The van der Waals surface area contributed by atoms with Gasteiger partial charge in [-0.15, -0.1) is 0 Å². The first-order chi connectivity index (χ1) is 13.2. The van der Waals surface area contributed by atoms with Crippen LogP contribution in [0.5, 0.6) is 0 Å². The molecule has 2 fully saturated rings. The van der Waals surface area contributed by atoms with Crippen LogP contribution in [0.25, 0.3) is 0 Å². The molecule has 27 heavy (non-hydrogen) atoms. The molecule has 0 aromatic heterocycles. The highest BCUT2D eigenvalue weighted by Gasteiger charge is 2.39. The van der Waals surface area contributed by atoms with Gasteiger partial charge in [0.25, 0.3) is 5.91 Å². The van der Waals surface area contributed by atoms with Crippen molar-refractivity contribution < 1.29 is 9.59 Å². The monoisotopic (exact) mass is 367 g/mol. The van der Waals surface area contributed by atoms with Crippen LogP contribution in [-0.4, -0.2) is 48.9 Å². The van der Waals surface area contributed by atoms with E-state index in [1.54, 1.807) is 0 Å². The zero-order chi connectivity index (χ0) is 18.7. The predicted molar refractivity (Wildman–Crippen MR) is 106 cm³/mol. The Hall–Kier alpha value is -2.14. The van der Waals surface area contributed by atoms with Crippen LogP contribution in [0, 0.1) is 5.41 Å². The molecule has 2 N–H and O–H groups in total. The molecule has 2 atom stereocenters. The maximum atomic E-state index is 13.3. The fourth-order valence-corrected chi connectivity index (χ4v) is 4.65. The van der Waals surface area contributed by atoms with E-state index >= 15 is 0 Å². The van der Waals surface area contributed by atoms with E-state index in [-0.39, 0.29) is 23.3 Å². The third-order valence-corrected chi connectivity index (χ3v) is 6.34. The summed E-state index contributed by atoms with van der Waals surface area (Å²) in [5, 5.41) is 6.72. The lowest BCUT2D eigenvalue weighted by Gasteiger charge is -2.31. The SMILES string of the molecule is O=C1c2ccccc2C/C=C/CC2(CCCNCC2)C(=O)N[C@H]2CCN1C2. The number of allylic oxidation sites excluding steroid dienone is 2. The second kappa shape index (κ2) is 7.85. The third-order valence-electron chi connectivity index (χ3n) is 6.34. The van der Waals surface area contributed by atoms with Gasteiger partial charge in [0, 0.05) is 24.7 Å². The highest BCUT2D eigenvalue weighted by atomic mass is 16.2. The van der Waals surface area contributed by atoms with Gasteiger partial charge < -0.3 is 15.5 Å². The van der Waals surface area contributed by atoms with Gasteiger partial charge >= 0.3 is 0 Å². The average Bonchev–Trinajstić information content (AvgIpc) is 3.01. The van der Waals surface area contributed by atoms with Gasteiger partial charge in [0.2, 0.25) is 5.91 Å². The molecule has 144 valence electrons. The molecule has 0 radical (unpaired) electrons. The van der Waals surface area contributed by atoms with Crippen molar-refractivity contribution in [2.45, 2.75) is 44.6 Å². The van der Waals surface area contributed by atoms with Crippen molar-refractivity contribution >= 4 is 11.8 Å². The smallest absolute Gasteiger partial charge is 0.254 e. The number of fused-ring (bicyclic) bond motifs is 3. The van der Waals surface area contributed by atoms with Gasteiger partial charge in [-0.25, -0.2) is 0 Å². The number of carbonyl (C=O) groups excluding carboxylic acids is 2. The summed E-state index contributed by atoms with van der Waals surface area (Å²) in [7, 11) is 0. The molecular weight excluding hydrogens is 338 g/mol. The van der Waals surface area contributed by atoms with Crippen LogP contribution in [0.1, 0.15) is 48.0 Å². The first-order valence-electron chi connectivity index (χ1n) is 10.2. The Balaban J connectivity index is 1.65. The van der Waals surface area contributed by atoms with Crippen LogP contribution in [0.4, 0.5) is 0 Å². The van der Waals surface area contributed by atoms with Crippen molar-refractivity contribution in [3.05, 3.63) is 47.5 Å². The summed E-state index contributed by atoms with van der Waals surface area (Å²) in [5.41, 5.74) is 1.53. The molecule has 2 bridgehead atoms. The van der Waals surface area contributed by atoms with Gasteiger partial charge in [-0.05, 0) is 63.2 Å². The summed E-state index contributed by atoms with van der Waals surface area (Å²) in [4.78, 5) is 28.2. The normalized spacial score (nSPS) is 30.5. The predicted octanol–water partition coefficient (Wildman–Crippen LogP) is 2.28. The quantitative estimate of drug-likeness (QED) is 0.692. The van der Waals surface area contributed by atoms with Crippen molar-refractivity contribution in [2.75, 3.05) is 26.2 Å². The summed E-state index contributed by atoms with van der Waals surface area (Å²) in [5.74, 6) is 0.260. The number of nitrogens with one attached hydrogen (secondary N) is 2. The fourth-order valence-electron chi connectivity index (χ4n) is 4.65. The van der Waals surface area contributed by atoms with E-state index in [0.717, 1.165) is 62.7 Å². The van der Waals surface area contributed by atoms with Crippen LogP contribution < -0.4 is 10.6 Å². The van der Waals surface area contributed by atoms with Crippen LogP contribution in [0.3, 0.4) is 0 Å². The van der Waals surface area contributed by atoms with Gasteiger partial charge in [-0.3, -0.25) is 9.59 Å². The van der Waals surface area contributed by atoms with E-state index in [2.05, 4.69) is 22.8 Å². The highest BCUT2D eigenvalue weighted by Crippen LogP contribution is 2.35. The molecule has 2 amide bonds. The van der Waals surface area contributed by atoms with E-state index in [1.807, 2.05) is 29.2 Å². The number of rotatable bonds is 0. The second-order valence-corrected chi connectivity index (χ2v) is 8.13. The van der Waals surface area contributed by atoms with Gasteiger partial charge in [0.15, 0.2) is 0 Å². The maximum absolute atomic E-state index is 13.3. The lowest BCUT2D eigenvalue weighted by Crippen LogP contribution is -2.47. The molecule has 4 rings (SSSR count). The molecule has 1 unspecified atom stereocenters. The molecule has 0 aliphatic carbocycles. The number of amides is 2. The number of hydrogen-bond acceptors (Lipinski definition) is 3. The van der Waals surface area contributed by atoms with Gasteiger partial charge in [0.1, 0.15) is 0 Å². The minimum absolute atomic E-state index is 0.0615. The number of hydrogen-bond donors (Lipinski definition) is 2. The zero-order valence-electron chi connectivity index (χ0n) is 15.9. The minimum Gasteiger partial charge on any atom is -0.351 e. The van der Waals surface area contributed by atoms with Crippen molar-refractivity contribution in [3.63, 3.8) is 0 Å². The van der Waals surface area contributed by atoms with Gasteiger partial charge in [-0.1, -0.05) is 30.4 Å². The van der Waals surface area contributed by atoms with Crippen molar-refractivity contribution in [2.24, 2.45) is 5.41 Å². The number of carbonyl (C=O) groups is 2. The third kappa shape index (κ3) is 3.79. The van der Waals surface area contributed by atoms with Crippen LogP contribution in [-0.2, 0) is 11.2 Å². The fraction of sp³-hybridized carbons (Fsp3) is 0.545. The largest absolute Gasteiger partial charge is 0.351 e. The Morgan fingerprint density at radius 1 is 1.07 bits per heavy atom. The van der Waals surface area contributed by atoms with Crippen molar-refractivity contribution in [1.82, 2.24) is 15.5 Å². The molecular formula is C22H29N3O2. The molecule has 1 spiro atoms. The lowest BCUT2D eigenvalue weighted by atomic mass is 9.76. The highest BCUT2D eigenvalue weighted by molar-refractivity contribution is 5.96. The van der Waals surface area contributed by atoms with Crippen molar-refractivity contribution in [1.29, 1.82) is 0 Å². The first kappa shape index (κ1) is 18.2. The molecule has 3 aliphatic heterocycles. The first-order valence-corrected chi connectivity index (χ1v) is 10.2. The number of nitrogens with zero attached hydrogens (tertiary/aromatic N) is 1. The molecule has 1 aromatic rings. The zero-order valence-corrected chi connectivity index (χ0v) is 15.9. The standard InChI is InChI=1S/C22H29N3O2/c26-20-19-8-2-1-6-17(19)7-3-4-10-22(11-5-13-23-14-12-22)21(27)24-18-9-15-25(20)16-18/h1-4,6,8,18,23H,5,7,9-16H2,(H,24,27)/b4-3+/t18-,22?/m0/s1. The maximum Gasteiger partial charge on any atom is 0.254 e. The minimum atomic E-state index is -0.328. The summed E-state index contributed by atoms with van der Waals surface area (Å²) >= 11 is 0. The second-order valence-electron chi connectivity index (χ2n) is 8.13. The van der Waals surface area contributed by atoms with Crippen LogP contribution in [0.15, 0.2) is 36.4 Å². The average molecular weight is 367 g/mol. The van der Waals surface area contributed by atoms with E-state index in [4.69, 9.17) is 0 Å². The van der Waals surface area contributed by atoms with E-state index < -0.39 is 0 Å². The summed E-state index contributed by atoms with van der Waals surface area (Å²) in [6.07, 6.45) is 9.44. The Labute approximate surface area is 161 Å². The van der Waals surface area contributed by atoms with Gasteiger partial charge in [0.05, 0.1) is 5.41 Å². The molecule has 0 saturated carbocycles. The summed E-state index contributed by atoms with van der Waals surface area (Å²) < 4.78 is 0. The molecule has 2 saturated heterocycles. The topological polar surface area (TPSA) is 61.4 Å². The van der Waals surface area contributed by atoms with Crippen LogP contribution >= 0.6 is 0 Å². The van der Waals surface area contributed by atoms with E-state index in [1.165, 1.54) is 0 Å². The number of benzene rings is 1. The summed E-state index contributed by atoms with van der Waals surface area (Å²) in [6.45, 7) is 3.19. The lowest BCUT2D eigenvalue weighted by molar-refractivity contribution is -0.132. The summed E-state index contributed by atoms with van der Waals surface area (Å²) in [6, 6.07) is 7.96. The Kier molecular flexibility index (Phi) is 5.30. The van der Waals surface area contributed by atoms with E-state index in [0.29, 0.717) is 13.1 Å². The van der Waals surface area contributed by atoms with E-state index in [9.17, 15) is 9.59 Å².